The summed E-state index contributed by atoms with van der Waals surface area (Å²) in [5.41, 5.74) is 8.26. The molecule has 1 aromatic rings. The van der Waals surface area contributed by atoms with Gasteiger partial charge in [-0.25, -0.2) is 0 Å². The molecule has 4 heteroatoms. The van der Waals surface area contributed by atoms with Crippen molar-refractivity contribution in [3.05, 3.63) is 29.3 Å². The molecular weight excluding hydrogens is 272 g/mol. The second-order valence-corrected chi connectivity index (χ2v) is 6.33. The summed E-state index contributed by atoms with van der Waals surface area (Å²) in [6.07, 6.45) is 4.70. The molecule has 1 fully saturated rings. The van der Waals surface area contributed by atoms with Gasteiger partial charge in [-0.1, -0.05) is 32.8 Å². The zero-order valence-electron chi connectivity index (χ0n) is 12.5. The molecule has 0 heterocycles. The lowest BCUT2D eigenvalue weighted by Crippen LogP contribution is -2.46. The van der Waals surface area contributed by atoms with E-state index in [0.717, 1.165) is 12.0 Å². The summed E-state index contributed by atoms with van der Waals surface area (Å²) < 4.78 is 0. The number of aryl methyl sites for hydroxylation is 1. The van der Waals surface area contributed by atoms with Crippen LogP contribution in [0.5, 0.6) is 0 Å². The van der Waals surface area contributed by atoms with E-state index in [4.69, 9.17) is 5.73 Å². The second kappa shape index (κ2) is 6.49. The van der Waals surface area contributed by atoms with Crippen LogP contribution in [0.15, 0.2) is 18.2 Å². The molecule has 1 aliphatic rings. The molecule has 20 heavy (non-hydrogen) atoms. The van der Waals surface area contributed by atoms with E-state index in [9.17, 15) is 4.79 Å². The first-order valence-corrected chi connectivity index (χ1v) is 7.07. The Hall–Kier alpha value is -1.22. The summed E-state index contributed by atoms with van der Waals surface area (Å²) in [7, 11) is 0. The smallest absolute Gasteiger partial charge is 0.251 e. The van der Waals surface area contributed by atoms with Crippen molar-refractivity contribution in [2.75, 3.05) is 5.73 Å². The molecule has 0 aromatic heterocycles. The summed E-state index contributed by atoms with van der Waals surface area (Å²) >= 11 is 0. The maximum atomic E-state index is 12.4. The molecule has 1 amide bonds. The molecular formula is C16H25ClN2O. The van der Waals surface area contributed by atoms with Crippen molar-refractivity contribution >= 4 is 24.0 Å². The molecule has 1 atom stereocenters. The minimum atomic E-state index is 0. The molecule has 0 spiro atoms. The average molecular weight is 297 g/mol. The highest BCUT2D eigenvalue weighted by molar-refractivity contribution is 5.96. The molecule has 1 unspecified atom stereocenters. The quantitative estimate of drug-likeness (QED) is 0.818. The summed E-state index contributed by atoms with van der Waals surface area (Å²) in [6.45, 7) is 6.42. The first kappa shape index (κ1) is 16.8. The predicted molar refractivity (Wildman–Crippen MR) is 86.3 cm³/mol. The zero-order chi connectivity index (χ0) is 14.0. The predicted octanol–water partition coefficient (Wildman–Crippen LogP) is 3.70. The van der Waals surface area contributed by atoms with Gasteiger partial charge in [0.1, 0.15) is 0 Å². The van der Waals surface area contributed by atoms with Crippen molar-refractivity contribution in [1.29, 1.82) is 0 Å². The number of nitrogens with two attached hydrogens (primary N) is 1. The Morgan fingerprint density at radius 2 is 2.05 bits per heavy atom. The fourth-order valence-corrected chi connectivity index (χ4v) is 2.88. The lowest BCUT2D eigenvalue weighted by atomic mass is 9.73. The maximum Gasteiger partial charge on any atom is 0.251 e. The SMILES string of the molecule is Cc1ccc(N)cc1C(=O)NC1CCCCC1(C)C.Cl. The van der Waals surface area contributed by atoms with Gasteiger partial charge >= 0.3 is 0 Å². The van der Waals surface area contributed by atoms with Crippen molar-refractivity contribution < 1.29 is 4.79 Å². The lowest BCUT2D eigenvalue weighted by Gasteiger charge is -2.39. The number of hydrogen-bond donors (Lipinski definition) is 2. The van der Waals surface area contributed by atoms with Crippen molar-refractivity contribution in [1.82, 2.24) is 5.32 Å². The highest BCUT2D eigenvalue weighted by Gasteiger charge is 2.33. The van der Waals surface area contributed by atoms with E-state index >= 15 is 0 Å². The third-order valence-corrected chi connectivity index (χ3v) is 4.32. The number of anilines is 1. The standard InChI is InChI=1S/C16H24N2O.ClH/c1-11-7-8-12(17)10-13(11)15(19)18-14-6-4-5-9-16(14,2)3;/h7-8,10,14H,4-6,9,17H2,1-3H3,(H,18,19);1H. The maximum absolute atomic E-state index is 12.4. The van der Waals surface area contributed by atoms with E-state index in [1.807, 2.05) is 19.1 Å². The molecule has 0 saturated heterocycles. The van der Waals surface area contributed by atoms with Crippen molar-refractivity contribution in [2.24, 2.45) is 5.41 Å². The number of halogens is 1. The molecule has 112 valence electrons. The molecule has 1 aliphatic carbocycles. The number of nitrogens with one attached hydrogen (secondary N) is 1. The molecule has 3 nitrogen and oxygen atoms in total. The monoisotopic (exact) mass is 296 g/mol. The lowest BCUT2D eigenvalue weighted by molar-refractivity contribution is 0.0853. The zero-order valence-corrected chi connectivity index (χ0v) is 13.3. The van der Waals surface area contributed by atoms with Gasteiger partial charge in [-0.15, -0.1) is 12.4 Å². The number of amides is 1. The number of hydrogen-bond acceptors (Lipinski definition) is 2. The van der Waals surface area contributed by atoms with Crippen LogP contribution < -0.4 is 11.1 Å². The van der Waals surface area contributed by atoms with Gasteiger partial charge in [-0.05, 0) is 42.9 Å². The van der Waals surface area contributed by atoms with Crippen molar-refractivity contribution in [3.8, 4) is 0 Å². The van der Waals surface area contributed by atoms with E-state index in [1.165, 1.54) is 19.3 Å². The van der Waals surface area contributed by atoms with E-state index in [2.05, 4.69) is 19.2 Å². The highest BCUT2D eigenvalue weighted by Crippen LogP contribution is 2.35. The minimum Gasteiger partial charge on any atom is -0.399 e. The van der Waals surface area contributed by atoms with Gasteiger partial charge in [0.05, 0.1) is 0 Å². The second-order valence-electron chi connectivity index (χ2n) is 6.33. The van der Waals surface area contributed by atoms with E-state index < -0.39 is 0 Å². The van der Waals surface area contributed by atoms with Gasteiger partial charge in [-0.3, -0.25) is 4.79 Å². The van der Waals surface area contributed by atoms with Gasteiger partial charge in [0.25, 0.3) is 5.91 Å². The number of nitrogen functional groups attached to an aromatic ring is 1. The third-order valence-electron chi connectivity index (χ3n) is 4.32. The van der Waals surface area contributed by atoms with Crippen LogP contribution in [0.4, 0.5) is 5.69 Å². The van der Waals surface area contributed by atoms with E-state index in [0.29, 0.717) is 11.3 Å². The van der Waals surface area contributed by atoms with Crippen LogP contribution in [0.3, 0.4) is 0 Å². The largest absolute Gasteiger partial charge is 0.399 e. The van der Waals surface area contributed by atoms with Gasteiger partial charge in [0, 0.05) is 17.3 Å². The summed E-state index contributed by atoms with van der Waals surface area (Å²) in [5, 5.41) is 3.20. The van der Waals surface area contributed by atoms with Gasteiger partial charge in [0.15, 0.2) is 0 Å². The molecule has 0 aliphatic heterocycles. The molecule has 0 radical (unpaired) electrons. The Labute approximate surface area is 127 Å². The molecule has 1 saturated carbocycles. The third kappa shape index (κ3) is 3.66. The Balaban J connectivity index is 0.00000200. The Bertz CT molecular complexity index is 485. The van der Waals surface area contributed by atoms with E-state index in [1.54, 1.807) is 6.07 Å². The first-order valence-electron chi connectivity index (χ1n) is 7.07. The van der Waals surface area contributed by atoms with E-state index in [-0.39, 0.29) is 29.8 Å². The fraction of sp³-hybridized carbons (Fsp3) is 0.562. The van der Waals surface area contributed by atoms with Crippen LogP contribution in [-0.4, -0.2) is 11.9 Å². The number of carbonyl (C=O) groups excluding carboxylic acids is 1. The van der Waals surface area contributed by atoms with Crippen LogP contribution in [0.25, 0.3) is 0 Å². The van der Waals surface area contributed by atoms with Gasteiger partial charge in [0.2, 0.25) is 0 Å². The van der Waals surface area contributed by atoms with Crippen molar-refractivity contribution in [2.45, 2.75) is 52.5 Å². The fourth-order valence-electron chi connectivity index (χ4n) is 2.88. The van der Waals surface area contributed by atoms with Crippen LogP contribution in [0.2, 0.25) is 0 Å². The van der Waals surface area contributed by atoms with Crippen LogP contribution in [-0.2, 0) is 0 Å². The van der Waals surface area contributed by atoms with Crippen LogP contribution in [0.1, 0.15) is 55.5 Å². The number of rotatable bonds is 2. The summed E-state index contributed by atoms with van der Waals surface area (Å²) in [5.74, 6) is 0.00442. The van der Waals surface area contributed by atoms with Crippen LogP contribution in [0, 0.1) is 12.3 Å². The number of benzene rings is 1. The molecule has 1 aromatic carbocycles. The summed E-state index contributed by atoms with van der Waals surface area (Å²) in [4.78, 5) is 12.4. The first-order chi connectivity index (χ1) is 8.90. The van der Waals surface area contributed by atoms with Crippen molar-refractivity contribution in [3.63, 3.8) is 0 Å². The molecule has 0 bridgehead atoms. The Kier molecular flexibility index (Phi) is 5.46. The molecule has 3 N–H and O–H groups in total. The minimum absolute atomic E-state index is 0. The Morgan fingerprint density at radius 3 is 2.70 bits per heavy atom. The summed E-state index contributed by atoms with van der Waals surface area (Å²) in [6, 6.07) is 5.75. The highest BCUT2D eigenvalue weighted by atomic mass is 35.5. The molecule has 2 rings (SSSR count). The van der Waals surface area contributed by atoms with Crippen LogP contribution >= 0.6 is 12.4 Å². The Morgan fingerprint density at radius 1 is 1.35 bits per heavy atom. The normalized spacial score (nSPS) is 20.9. The topological polar surface area (TPSA) is 55.1 Å². The van der Waals surface area contributed by atoms with Gasteiger partial charge in [-0.2, -0.15) is 0 Å². The number of carbonyl (C=O) groups is 1. The average Bonchev–Trinajstić information content (AvgIpc) is 2.34. The van der Waals surface area contributed by atoms with Gasteiger partial charge < -0.3 is 11.1 Å².